The van der Waals surface area contributed by atoms with Crippen molar-refractivity contribution < 1.29 is 27.2 Å². The number of aromatic nitrogens is 2. The van der Waals surface area contributed by atoms with Gasteiger partial charge < -0.3 is 18.9 Å². The van der Waals surface area contributed by atoms with E-state index in [9.17, 15) is 13.2 Å². The second-order valence-electron chi connectivity index (χ2n) is 5.98. The molecule has 0 spiro atoms. The van der Waals surface area contributed by atoms with Gasteiger partial charge in [-0.3, -0.25) is 0 Å². The number of anilines is 1. The van der Waals surface area contributed by atoms with E-state index in [1.165, 1.54) is 12.1 Å². The van der Waals surface area contributed by atoms with Crippen molar-refractivity contribution in [3.8, 4) is 22.9 Å². The molecule has 148 valence electrons. The molecule has 0 saturated heterocycles. The maximum atomic E-state index is 12.7. The number of methoxy groups -OCH3 is 2. The highest BCUT2D eigenvalue weighted by atomic mass is 19.4. The van der Waals surface area contributed by atoms with E-state index in [1.807, 2.05) is 24.1 Å². The van der Waals surface area contributed by atoms with Gasteiger partial charge in [-0.25, -0.2) is 0 Å². The maximum Gasteiger partial charge on any atom is 0.416 e. The average molecular weight is 393 g/mol. The van der Waals surface area contributed by atoms with Crippen LogP contribution in [0.25, 0.3) is 11.4 Å². The second-order valence-corrected chi connectivity index (χ2v) is 5.98. The van der Waals surface area contributed by atoms with Crippen molar-refractivity contribution in [1.82, 2.24) is 10.1 Å². The molecule has 0 radical (unpaired) electrons. The normalized spacial score (nSPS) is 11.4. The summed E-state index contributed by atoms with van der Waals surface area (Å²) in [7, 11) is 4.95. The number of halogens is 3. The predicted octanol–water partition coefficient (Wildman–Crippen LogP) is 4.41. The van der Waals surface area contributed by atoms with Gasteiger partial charge in [0.25, 0.3) is 0 Å². The molecule has 0 fully saturated rings. The fraction of sp³-hybridized carbons (Fsp3) is 0.263. The molecule has 0 aliphatic rings. The van der Waals surface area contributed by atoms with Crippen LogP contribution in [0.5, 0.6) is 11.5 Å². The zero-order chi connectivity index (χ0) is 20.3. The molecule has 0 unspecified atom stereocenters. The molecule has 0 bridgehead atoms. The summed E-state index contributed by atoms with van der Waals surface area (Å²) in [5, 5.41) is 3.85. The molecule has 0 saturated carbocycles. The van der Waals surface area contributed by atoms with Crippen LogP contribution in [-0.2, 0) is 12.7 Å². The molecule has 0 aliphatic carbocycles. The Morgan fingerprint density at radius 2 is 1.68 bits per heavy atom. The van der Waals surface area contributed by atoms with Crippen LogP contribution in [0, 0.1) is 0 Å². The van der Waals surface area contributed by atoms with Crippen molar-refractivity contribution in [2.75, 3.05) is 26.2 Å². The number of nitrogens with zero attached hydrogens (tertiary/aromatic N) is 3. The minimum absolute atomic E-state index is 0.226. The first-order chi connectivity index (χ1) is 13.3. The first-order valence-electron chi connectivity index (χ1n) is 8.25. The summed E-state index contributed by atoms with van der Waals surface area (Å²) in [5.41, 5.74) is 0.553. The summed E-state index contributed by atoms with van der Waals surface area (Å²) >= 11 is 0. The van der Waals surface area contributed by atoms with Crippen molar-refractivity contribution in [2.24, 2.45) is 0 Å². The summed E-state index contributed by atoms with van der Waals surface area (Å²) in [6, 6.07) is 10.1. The molecule has 1 aromatic heterocycles. The number of ether oxygens (including phenoxy) is 2. The maximum absolute atomic E-state index is 12.7. The zero-order valence-electron chi connectivity index (χ0n) is 15.4. The number of hydrogen-bond donors (Lipinski definition) is 0. The van der Waals surface area contributed by atoms with E-state index in [0.29, 0.717) is 29.5 Å². The van der Waals surface area contributed by atoms with Crippen molar-refractivity contribution in [3.05, 3.63) is 53.9 Å². The van der Waals surface area contributed by atoms with Crippen LogP contribution in [0.1, 0.15) is 11.5 Å². The summed E-state index contributed by atoms with van der Waals surface area (Å²) < 4.78 is 53.7. The summed E-state index contributed by atoms with van der Waals surface area (Å²) in [5.74, 6) is 1.75. The van der Waals surface area contributed by atoms with Crippen LogP contribution in [0.2, 0.25) is 0 Å². The highest BCUT2D eigenvalue weighted by Gasteiger charge is 2.30. The molecule has 9 heteroatoms. The fourth-order valence-electron chi connectivity index (χ4n) is 2.60. The molecule has 28 heavy (non-hydrogen) atoms. The minimum atomic E-state index is -4.39. The van der Waals surface area contributed by atoms with E-state index in [1.54, 1.807) is 20.3 Å². The molecule has 3 rings (SSSR count). The topological polar surface area (TPSA) is 60.6 Å². The summed E-state index contributed by atoms with van der Waals surface area (Å²) in [4.78, 5) is 6.12. The lowest BCUT2D eigenvalue weighted by Crippen LogP contribution is -2.16. The van der Waals surface area contributed by atoms with Gasteiger partial charge in [-0.15, -0.1) is 0 Å². The van der Waals surface area contributed by atoms with Gasteiger partial charge in [-0.05, 0) is 24.3 Å². The minimum Gasteiger partial charge on any atom is -0.493 e. The summed E-state index contributed by atoms with van der Waals surface area (Å²) in [6.45, 7) is 0.309. The lowest BCUT2D eigenvalue weighted by Gasteiger charge is -2.18. The molecule has 0 N–H and O–H groups in total. The Balaban J connectivity index is 1.74. The highest BCUT2D eigenvalue weighted by molar-refractivity contribution is 5.57. The van der Waals surface area contributed by atoms with Crippen LogP contribution >= 0.6 is 0 Å². The van der Waals surface area contributed by atoms with Gasteiger partial charge in [0.15, 0.2) is 11.5 Å². The lowest BCUT2D eigenvalue weighted by atomic mass is 10.1. The average Bonchev–Trinajstić information content (AvgIpc) is 3.15. The van der Waals surface area contributed by atoms with E-state index in [4.69, 9.17) is 14.0 Å². The Kier molecular flexibility index (Phi) is 5.43. The highest BCUT2D eigenvalue weighted by Crippen LogP contribution is 2.32. The molecule has 1 heterocycles. The molecular formula is C19H18F3N3O3. The monoisotopic (exact) mass is 393 g/mol. The molecule has 0 amide bonds. The third-order valence-corrected chi connectivity index (χ3v) is 4.12. The number of alkyl halides is 3. The van der Waals surface area contributed by atoms with Crippen molar-refractivity contribution in [1.29, 1.82) is 0 Å². The van der Waals surface area contributed by atoms with Gasteiger partial charge in [-0.2, -0.15) is 18.2 Å². The van der Waals surface area contributed by atoms with Crippen molar-refractivity contribution >= 4 is 5.69 Å². The fourth-order valence-corrected chi connectivity index (χ4v) is 2.60. The van der Waals surface area contributed by atoms with Crippen LogP contribution in [0.15, 0.2) is 47.0 Å². The molecule has 6 nitrogen and oxygen atoms in total. The van der Waals surface area contributed by atoms with Crippen molar-refractivity contribution in [3.63, 3.8) is 0 Å². The first kappa shape index (κ1) is 19.5. The quantitative estimate of drug-likeness (QED) is 0.618. The van der Waals surface area contributed by atoms with E-state index in [-0.39, 0.29) is 5.82 Å². The Labute approximate surface area is 159 Å². The van der Waals surface area contributed by atoms with Gasteiger partial charge in [0.05, 0.1) is 26.3 Å². The van der Waals surface area contributed by atoms with Gasteiger partial charge in [0.1, 0.15) is 0 Å². The molecule has 3 aromatic rings. The first-order valence-corrected chi connectivity index (χ1v) is 8.25. The predicted molar refractivity (Wildman–Crippen MR) is 96.4 cm³/mol. The lowest BCUT2D eigenvalue weighted by molar-refractivity contribution is -0.137. The Bertz CT molecular complexity index is 940. The van der Waals surface area contributed by atoms with Crippen LogP contribution in [-0.4, -0.2) is 31.4 Å². The third-order valence-electron chi connectivity index (χ3n) is 4.12. The van der Waals surface area contributed by atoms with Crippen molar-refractivity contribution in [2.45, 2.75) is 12.7 Å². The molecule has 0 aliphatic heterocycles. The van der Waals surface area contributed by atoms with Gasteiger partial charge in [0.2, 0.25) is 11.7 Å². The standard InChI is InChI=1S/C19H18F3N3O3/c1-25(14-8-9-15(26-2)16(10-14)27-3)11-17-23-18(24-28-17)12-4-6-13(7-5-12)19(20,21)22/h4-10H,11H2,1-3H3. The second kappa shape index (κ2) is 7.79. The van der Waals surface area contributed by atoms with Crippen LogP contribution in [0.4, 0.5) is 18.9 Å². The van der Waals surface area contributed by atoms with E-state index < -0.39 is 11.7 Å². The largest absolute Gasteiger partial charge is 0.493 e. The summed E-state index contributed by atoms with van der Waals surface area (Å²) in [6.07, 6.45) is -4.39. The zero-order valence-corrected chi connectivity index (χ0v) is 15.4. The number of rotatable bonds is 6. The van der Waals surface area contributed by atoms with Gasteiger partial charge in [-0.1, -0.05) is 17.3 Å². The van der Waals surface area contributed by atoms with Crippen LogP contribution in [0.3, 0.4) is 0 Å². The number of benzene rings is 2. The van der Waals surface area contributed by atoms with Gasteiger partial charge >= 0.3 is 6.18 Å². The van der Waals surface area contributed by atoms with E-state index in [0.717, 1.165) is 17.8 Å². The molecule has 2 aromatic carbocycles. The Morgan fingerprint density at radius 3 is 2.29 bits per heavy atom. The Morgan fingerprint density at radius 1 is 1.00 bits per heavy atom. The Hall–Kier alpha value is -3.23. The third kappa shape index (κ3) is 4.19. The molecule has 0 atom stereocenters. The van der Waals surface area contributed by atoms with E-state index in [2.05, 4.69) is 10.1 Å². The van der Waals surface area contributed by atoms with Gasteiger partial charge in [0, 0.05) is 24.4 Å². The van der Waals surface area contributed by atoms with Crippen LogP contribution < -0.4 is 14.4 Å². The SMILES string of the molecule is COc1ccc(N(C)Cc2nc(-c3ccc(C(F)(F)F)cc3)no2)cc1OC. The number of hydrogen-bond acceptors (Lipinski definition) is 6. The molecular weight excluding hydrogens is 375 g/mol. The smallest absolute Gasteiger partial charge is 0.416 e. The van der Waals surface area contributed by atoms with E-state index >= 15 is 0 Å².